The molecule has 0 radical (unpaired) electrons. The number of hydrogen-bond donors (Lipinski definition) is 0. The van der Waals surface area contributed by atoms with E-state index >= 15 is 0 Å². The van der Waals surface area contributed by atoms with E-state index in [4.69, 9.17) is 14.2 Å². The van der Waals surface area contributed by atoms with Crippen molar-refractivity contribution in [3.05, 3.63) is 12.2 Å². The molecule has 2 atom stereocenters. The summed E-state index contributed by atoms with van der Waals surface area (Å²) in [6.07, 6.45) is 0.361. The van der Waals surface area contributed by atoms with Gasteiger partial charge >= 0.3 is 17.9 Å². The van der Waals surface area contributed by atoms with Gasteiger partial charge in [0.05, 0.1) is 0 Å². The van der Waals surface area contributed by atoms with Gasteiger partial charge in [-0.2, -0.15) is 0 Å². The van der Waals surface area contributed by atoms with E-state index in [0.717, 1.165) is 0 Å². The van der Waals surface area contributed by atoms with Crippen LogP contribution >= 0.6 is 0 Å². The summed E-state index contributed by atoms with van der Waals surface area (Å²) >= 11 is 0. The van der Waals surface area contributed by atoms with E-state index in [9.17, 15) is 19.2 Å². The van der Waals surface area contributed by atoms with Gasteiger partial charge in [0.1, 0.15) is 6.61 Å². The Labute approximate surface area is 129 Å². The lowest BCUT2D eigenvalue weighted by atomic mass is 10.2. The molecular weight excluding hydrogens is 294 g/mol. The van der Waals surface area contributed by atoms with Gasteiger partial charge in [0.15, 0.2) is 12.2 Å². The molecule has 1 amide bonds. The fourth-order valence-corrected chi connectivity index (χ4v) is 1.37. The van der Waals surface area contributed by atoms with Gasteiger partial charge < -0.3 is 19.1 Å². The molecule has 0 saturated heterocycles. The van der Waals surface area contributed by atoms with Gasteiger partial charge in [-0.15, -0.1) is 0 Å². The van der Waals surface area contributed by atoms with Crippen LogP contribution in [0.1, 0.15) is 20.8 Å². The standard InChI is InChI=1S/C14H21NO7/c1-9(16)20-8-13(22-11(3)18)12(21-10(2)17)6-7-14(19)15(4)5/h6-7,12-13H,8H2,1-5H3/b7-6+/t12-,13-/m0/s1. The molecule has 0 saturated carbocycles. The number of carbonyl (C=O) groups is 4. The summed E-state index contributed by atoms with van der Waals surface area (Å²) < 4.78 is 14.8. The third-order valence-electron chi connectivity index (χ3n) is 2.31. The van der Waals surface area contributed by atoms with E-state index in [-0.39, 0.29) is 12.5 Å². The van der Waals surface area contributed by atoms with E-state index in [2.05, 4.69) is 0 Å². The molecule has 0 aliphatic carbocycles. The van der Waals surface area contributed by atoms with Crippen molar-refractivity contribution >= 4 is 23.8 Å². The maximum atomic E-state index is 11.5. The highest BCUT2D eigenvalue weighted by Gasteiger charge is 2.26. The summed E-state index contributed by atoms with van der Waals surface area (Å²) in [5, 5.41) is 0. The first-order valence-electron chi connectivity index (χ1n) is 6.50. The Hall–Kier alpha value is -2.38. The first kappa shape index (κ1) is 19.6. The number of likely N-dealkylation sites (N-methyl/N-ethyl adjacent to an activating group) is 1. The lowest BCUT2D eigenvalue weighted by Crippen LogP contribution is -2.37. The second-order valence-electron chi connectivity index (χ2n) is 4.62. The molecule has 0 rings (SSSR count). The van der Waals surface area contributed by atoms with Gasteiger partial charge in [-0.05, 0) is 6.08 Å². The minimum Gasteiger partial charge on any atom is -0.462 e. The zero-order chi connectivity index (χ0) is 17.3. The van der Waals surface area contributed by atoms with Gasteiger partial charge in [-0.3, -0.25) is 19.2 Å². The number of hydrogen-bond acceptors (Lipinski definition) is 7. The first-order valence-corrected chi connectivity index (χ1v) is 6.50. The van der Waals surface area contributed by atoms with Crippen LogP contribution in [-0.4, -0.2) is 61.6 Å². The smallest absolute Gasteiger partial charge is 0.303 e. The molecule has 0 aromatic carbocycles. The number of esters is 3. The van der Waals surface area contributed by atoms with Crippen LogP contribution in [0.25, 0.3) is 0 Å². The molecule has 0 heterocycles. The van der Waals surface area contributed by atoms with E-state index in [1.807, 2.05) is 0 Å². The van der Waals surface area contributed by atoms with E-state index in [0.29, 0.717) is 0 Å². The van der Waals surface area contributed by atoms with E-state index in [1.54, 1.807) is 14.1 Å². The van der Waals surface area contributed by atoms with Gasteiger partial charge in [0.25, 0.3) is 0 Å². The quantitative estimate of drug-likeness (QED) is 0.372. The molecule has 0 fully saturated rings. The second kappa shape index (κ2) is 9.54. The average molecular weight is 315 g/mol. The molecule has 0 unspecified atom stereocenters. The number of carbonyl (C=O) groups excluding carboxylic acids is 4. The minimum atomic E-state index is -1.05. The van der Waals surface area contributed by atoms with Crippen molar-refractivity contribution < 1.29 is 33.4 Å². The molecular formula is C14H21NO7. The van der Waals surface area contributed by atoms with Crippen LogP contribution < -0.4 is 0 Å². The SMILES string of the molecule is CC(=O)OC[C@H](OC(C)=O)[C@H](/C=C/C(=O)N(C)C)OC(C)=O. The highest BCUT2D eigenvalue weighted by atomic mass is 16.6. The molecule has 0 aliphatic rings. The number of amides is 1. The van der Waals surface area contributed by atoms with Crippen LogP contribution in [-0.2, 0) is 33.4 Å². The molecule has 0 aliphatic heterocycles. The van der Waals surface area contributed by atoms with Crippen molar-refractivity contribution in [1.29, 1.82) is 0 Å². The molecule has 124 valence electrons. The van der Waals surface area contributed by atoms with Crippen molar-refractivity contribution in [2.45, 2.75) is 33.0 Å². The number of nitrogens with zero attached hydrogens (tertiary/aromatic N) is 1. The summed E-state index contributed by atoms with van der Waals surface area (Å²) in [5.41, 5.74) is 0. The average Bonchev–Trinajstić information content (AvgIpc) is 2.37. The van der Waals surface area contributed by atoms with E-state index < -0.39 is 30.1 Å². The van der Waals surface area contributed by atoms with Crippen molar-refractivity contribution in [1.82, 2.24) is 4.90 Å². The molecule has 0 aromatic rings. The monoisotopic (exact) mass is 315 g/mol. The molecule has 8 heteroatoms. The molecule has 0 bridgehead atoms. The van der Waals surface area contributed by atoms with Gasteiger partial charge in [0.2, 0.25) is 5.91 Å². The van der Waals surface area contributed by atoms with Crippen molar-refractivity contribution in [2.24, 2.45) is 0 Å². The molecule has 0 N–H and O–H groups in total. The second-order valence-corrected chi connectivity index (χ2v) is 4.62. The molecule has 22 heavy (non-hydrogen) atoms. The maximum absolute atomic E-state index is 11.5. The maximum Gasteiger partial charge on any atom is 0.303 e. The van der Waals surface area contributed by atoms with Crippen LogP contribution in [0, 0.1) is 0 Å². The predicted molar refractivity (Wildman–Crippen MR) is 75.6 cm³/mol. The zero-order valence-electron chi connectivity index (χ0n) is 13.3. The zero-order valence-corrected chi connectivity index (χ0v) is 13.3. The van der Waals surface area contributed by atoms with Crippen LogP contribution in [0.4, 0.5) is 0 Å². The summed E-state index contributed by atoms with van der Waals surface area (Å²) in [7, 11) is 3.10. The summed E-state index contributed by atoms with van der Waals surface area (Å²) in [5.74, 6) is -2.19. The van der Waals surface area contributed by atoms with E-state index in [1.165, 1.54) is 37.8 Å². The fraction of sp³-hybridized carbons (Fsp3) is 0.571. The first-order chi connectivity index (χ1) is 10.1. The Balaban J connectivity index is 5.17. The summed E-state index contributed by atoms with van der Waals surface area (Å²) in [4.78, 5) is 46.0. The van der Waals surface area contributed by atoms with Gasteiger partial charge in [-0.25, -0.2) is 0 Å². The Morgan fingerprint density at radius 1 is 0.955 bits per heavy atom. The minimum absolute atomic E-state index is 0.298. The lowest BCUT2D eigenvalue weighted by molar-refractivity contribution is -0.169. The van der Waals surface area contributed by atoms with Crippen LogP contribution in [0.2, 0.25) is 0 Å². The Kier molecular flexibility index (Phi) is 8.51. The third-order valence-corrected chi connectivity index (χ3v) is 2.31. The lowest BCUT2D eigenvalue weighted by Gasteiger charge is -2.23. The predicted octanol–water partition coefficient (Wildman–Crippen LogP) is 0.0573. The van der Waals surface area contributed by atoms with Crippen LogP contribution in [0.15, 0.2) is 12.2 Å². The van der Waals surface area contributed by atoms with Crippen LogP contribution in [0.5, 0.6) is 0 Å². The number of ether oxygens (including phenoxy) is 3. The molecule has 0 spiro atoms. The topological polar surface area (TPSA) is 99.2 Å². The molecule has 0 aromatic heterocycles. The molecule has 8 nitrogen and oxygen atoms in total. The van der Waals surface area contributed by atoms with Crippen molar-refractivity contribution in [3.8, 4) is 0 Å². The normalized spacial score (nSPS) is 13.1. The highest BCUT2D eigenvalue weighted by Crippen LogP contribution is 2.09. The fourth-order valence-electron chi connectivity index (χ4n) is 1.37. The Morgan fingerprint density at radius 3 is 1.91 bits per heavy atom. The van der Waals surface area contributed by atoms with Crippen molar-refractivity contribution in [2.75, 3.05) is 20.7 Å². The summed E-state index contributed by atoms with van der Waals surface area (Å²) in [6.45, 7) is 3.23. The largest absolute Gasteiger partial charge is 0.462 e. The Bertz CT molecular complexity index is 456. The summed E-state index contributed by atoms with van der Waals surface area (Å²) in [6, 6.07) is 0. The van der Waals surface area contributed by atoms with Crippen LogP contribution in [0.3, 0.4) is 0 Å². The van der Waals surface area contributed by atoms with Gasteiger partial charge in [0, 0.05) is 40.9 Å². The van der Waals surface area contributed by atoms with Gasteiger partial charge in [-0.1, -0.05) is 0 Å². The Morgan fingerprint density at radius 2 is 1.50 bits per heavy atom. The number of rotatable bonds is 7. The highest BCUT2D eigenvalue weighted by molar-refractivity contribution is 5.87. The van der Waals surface area contributed by atoms with Crippen molar-refractivity contribution in [3.63, 3.8) is 0 Å². The third kappa shape index (κ3) is 8.72.